The quantitative estimate of drug-likeness (QED) is 0.592. The molecule has 1 aliphatic carbocycles. The minimum atomic E-state index is -0.183. The second-order valence-electron chi connectivity index (χ2n) is 7.29. The molecular weight excluding hydrogens is 402 g/mol. The first-order valence-corrected chi connectivity index (χ1v) is 11.4. The van der Waals surface area contributed by atoms with Gasteiger partial charge in [0.1, 0.15) is 11.6 Å². The second-order valence-corrected chi connectivity index (χ2v) is 8.23. The van der Waals surface area contributed by atoms with Crippen molar-refractivity contribution in [1.29, 1.82) is 0 Å². The number of benzene rings is 1. The first kappa shape index (κ1) is 22.1. The van der Waals surface area contributed by atoms with E-state index in [2.05, 4.69) is 20.8 Å². The van der Waals surface area contributed by atoms with Crippen LogP contribution in [0.1, 0.15) is 44.9 Å². The SMILES string of the molecule is CCn1c(CC(=O)Nc2cccc(OC)c2)nnc1SCC(=O)NC1CCCCC1. The molecule has 1 heterocycles. The molecule has 0 radical (unpaired) electrons. The molecule has 1 fully saturated rings. The lowest BCUT2D eigenvalue weighted by molar-refractivity contribution is -0.119. The van der Waals surface area contributed by atoms with Crippen LogP contribution in [0.4, 0.5) is 5.69 Å². The van der Waals surface area contributed by atoms with Crippen LogP contribution in [0.5, 0.6) is 5.75 Å². The number of rotatable bonds is 9. The van der Waals surface area contributed by atoms with Crippen LogP contribution < -0.4 is 15.4 Å². The number of carbonyl (C=O) groups is 2. The molecule has 1 aromatic carbocycles. The molecule has 1 saturated carbocycles. The molecule has 9 heteroatoms. The highest BCUT2D eigenvalue weighted by Gasteiger charge is 2.18. The third kappa shape index (κ3) is 6.22. The highest BCUT2D eigenvalue weighted by molar-refractivity contribution is 7.99. The summed E-state index contributed by atoms with van der Waals surface area (Å²) >= 11 is 1.35. The number of anilines is 1. The smallest absolute Gasteiger partial charge is 0.232 e. The average Bonchev–Trinajstić information content (AvgIpc) is 3.14. The summed E-state index contributed by atoms with van der Waals surface area (Å²) < 4.78 is 7.05. The summed E-state index contributed by atoms with van der Waals surface area (Å²) in [6, 6.07) is 7.49. The van der Waals surface area contributed by atoms with E-state index in [-0.39, 0.29) is 18.2 Å². The summed E-state index contributed by atoms with van der Waals surface area (Å²) in [6.07, 6.45) is 5.86. The Morgan fingerprint density at radius 2 is 2.00 bits per heavy atom. The molecule has 0 bridgehead atoms. The molecule has 2 aromatic rings. The van der Waals surface area contributed by atoms with E-state index in [1.807, 2.05) is 23.6 Å². The Hall–Kier alpha value is -2.55. The summed E-state index contributed by atoms with van der Waals surface area (Å²) in [6.45, 7) is 2.60. The number of nitrogens with zero attached hydrogens (tertiary/aromatic N) is 3. The van der Waals surface area contributed by atoms with Crippen molar-refractivity contribution in [1.82, 2.24) is 20.1 Å². The minimum absolute atomic E-state index is 0.0230. The van der Waals surface area contributed by atoms with Crippen LogP contribution in [0, 0.1) is 0 Å². The van der Waals surface area contributed by atoms with E-state index in [1.165, 1.54) is 31.0 Å². The molecule has 30 heavy (non-hydrogen) atoms. The fourth-order valence-electron chi connectivity index (χ4n) is 3.57. The lowest BCUT2D eigenvalue weighted by Crippen LogP contribution is -2.37. The van der Waals surface area contributed by atoms with Crippen molar-refractivity contribution in [2.45, 2.75) is 63.2 Å². The van der Waals surface area contributed by atoms with Gasteiger partial charge >= 0.3 is 0 Å². The third-order valence-corrected chi connectivity index (χ3v) is 6.05. The van der Waals surface area contributed by atoms with Crippen molar-refractivity contribution in [3.05, 3.63) is 30.1 Å². The van der Waals surface area contributed by atoms with Crippen LogP contribution in [0.2, 0.25) is 0 Å². The van der Waals surface area contributed by atoms with Gasteiger partial charge < -0.3 is 19.9 Å². The van der Waals surface area contributed by atoms with Gasteiger partial charge in [-0.15, -0.1) is 10.2 Å². The van der Waals surface area contributed by atoms with E-state index < -0.39 is 0 Å². The standard InChI is InChI=1S/C21H29N5O3S/c1-3-26-18(13-19(27)23-16-10-7-11-17(12-16)29-2)24-25-21(26)30-14-20(28)22-15-8-5-4-6-9-15/h7,10-12,15H,3-6,8-9,13-14H2,1-2H3,(H,22,28)(H,23,27). The predicted octanol–water partition coefficient (Wildman–Crippen LogP) is 3.03. The zero-order valence-corrected chi connectivity index (χ0v) is 18.3. The Labute approximate surface area is 181 Å². The molecule has 1 aromatic heterocycles. The molecule has 3 rings (SSSR count). The highest BCUT2D eigenvalue weighted by Crippen LogP contribution is 2.20. The third-order valence-electron chi connectivity index (χ3n) is 5.08. The van der Waals surface area contributed by atoms with E-state index in [9.17, 15) is 9.59 Å². The second kappa shape index (κ2) is 11.0. The van der Waals surface area contributed by atoms with Crippen molar-refractivity contribution in [3.8, 4) is 5.75 Å². The van der Waals surface area contributed by atoms with Crippen LogP contribution in [0.15, 0.2) is 29.4 Å². The molecular formula is C21H29N5O3S. The molecule has 0 atom stereocenters. The number of ether oxygens (including phenoxy) is 1. The van der Waals surface area contributed by atoms with Crippen LogP contribution >= 0.6 is 11.8 Å². The Morgan fingerprint density at radius 1 is 1.20 bits per heavy atom. The summed E-state index contributed by atoms with van der Waals surface area (Å²) in [4.78, 5) is 24.7. The number of methoxy groups -OCH3 is 1. The van der Waals surface area contributed by atoms with Gasteiger partial charge in [0.15, 0.2) is 5.16 Å². The van der Waals surface area contributed by atoms with Gasteiger partial charge in [-0.1, -0.05) is 37.1 Å². The topological polar surface area (TPSA) is 98.1 Å². The molecule has 0 unspecified atom stereocenters. The minimum Gasteiger partial charge on any atom is -0.497 e. The summed E-state index contributed by atoms with van der Waals surface area (Å²) in [5.74, 6) is 1.39. The van der Waals surface area contributed by atoms with Crippen LogP contribution in [0.3, 0.4) is 0 Å². The van der Waals surface area contributed by atoms with Crippen LogP contribution in [0.25, 0.3) is 0 Å². The van der Waals surface area contributed by atoms with Gasteiger partial charge in [0.05, 0.1) is 19.3 Å². The van der Waals surface area contributed by atoms with Crippen molar-refractivity contribution in [2.24, 2.45) is 0 Å². The van der Waals surface area contributed by atoms with E-state index >= 15 is 0 Å². The lowest BCUT2D eigenvalue weighted by atomic mass is 9.95. The Morgan fingerprint density at radius 3 is 2.73 bits per heavy atom. The van der Waals surface area contributed by atoms with E-state index in [4.69, 9.17) is 4.74 Å². The molecule has 0 aliphatic heterocycles. The number of thioether (sulfide) groups is 1. The highest BCUT2D eigenvalue weighted by atomic mass is 32.2. The first-order valence-electron chi connectivity index (χ1n) is 10.4. The lowest BCUT2D eigenvalue weighted by Gasteiger charge is -2.22. The molecule has 162 valence electrons. The normalized spacial score (nSPS) is 14.3. The first-order chi connectivity index (χ1) is 14.6. The maximum Gasteiger partial charge on any atom is 0.232 e. The Kier molecular flexibility index (Phi) is 8.12. The number of hydrogen-bond donors (Lipinski definition) is 2. The van der Waals surface area contributed by atoms with Gasteiger partial charge in [0, 0.05) is 24.3 Å². The van der Waals surface area contributed by atoms with E-state index in [0.717, 1.165) is 12.8 Å². The fourth-order valence-corrected chi connectivity index (χ4v) is 4.40. The van der Waals surface area contributed by atoms with Crippen LogP contribution in [-0.4, -0.2) is 45.5 Å². The maximum absolute atomic E-state index is 12.4. The van der Waals surface area contributed by atoms with Gasteiger partial charge in [0.2, 0.25) is 11.8 Å². The summed E-state index contributed by atoms with van der Waals surface area (Å²) in [5, 5.41) is 15.0. The van der Waals surface area contributed by atoms with Gasteiger partial charge in [-0.2, -0.15) is 0 Å². The van der Waals surface area contributed by atoms with E-state index in [1.54, 1.807) is 19.2 Å². The predicted molar refractivity (Wildman–Crippen MR) is 117 cm³/mol. The van der Waals surface area contributed by atoms with Crippen LogP contribution in [-0.2, 0) is 22.6 Å². The summed E-state index contributed by atoms with van der Waals surface area (Å²) in [5.41, 5.74) is 0.663. The number of amides is 2. The van der Waals surface area contributed by atoms with Crippen molar-refractivity contribution in [3.63, 3.8) is 0 Å². The van der Waals surface area contributed by atoms with Gasteiger partial charge in [0.25, 0.3) is 0 Å². The zero-order chi connectivity index (χ0) is 21.3. The van der Waals surface area contributed by atoms with Gasteiger partial charge in [-0.3, -0.25) is 9.59 Å². The molecule has 0 spiro atoms. The Balaban J connectivity index is 1.53. The maximum atomic E-state index is 12.4. The van der Waals surface area contributed by atoms with Gasteiger partial charge in [-0.25, -0.2) is 0 Å². The number of hydrogen-bond acceptors (Lipinski definition) is 6. The fraction of sp³-hybridized carbons (Fsp3) is 0.524. The number of carbonyl (C=O) groups excluding carboxylic acids is 2. The van der Waals surface area contributed by atoms with E-state index in [0.29, 0.717) is 40.8 Å². The average molecular weight is 432 g/mol. The number of nitrogens with one attached hydrogen (secondary N) is 2. The van der Waals surface area contributed by atoms with Crippen molar-refractivity contribution >= 4 is 29.3 Å². The number of aromatic nitrogens is 3. The summed E-state index contributed by atoms with van der Waals surface area (Å²) in [7, 11) is 1.58. The monoisotopic (exact) mass is 431 g/mol. The molecule has 2 N–H and O–H groups in total. The van der Waals surface area contributed by atoms with Crippen molar-refractivity contribution < 1.29 is 14.3 Å². The zero-order valence-electron chi connectivity index (χ0n) is 17.5. The molecule has 1 aliphatic rings. The largest absolute Gasteiger partial charge is 0.497 e. The van der Waals surface area contributed by atoms with Gasteiger partial charge in [-0.05, 0) is 31.9 Å². The Bertz CT molecular complexity index is 864. The molecule has 8 nitrogen and oxygen atoms in total. The van der Waals surface area contributed by atoms with Crippen molar-refractivity contribution in [2.75, 3.05) is 18.2 Å². The molecule has 2 amide bonds. The molecule has 0 saturated heterocycles.